The number of carbonyl (C=O) groups excluding carboxylic acids is 1. The first-order valence-corrected chi connectivity index (χ1v) is 5.86. The highest BCUT2D eigenvalue weighted by Gasteiger charge is 2.11. The largest absolute Gasteiger partial charge is 0.321 e. The number of nitrogens with one attached hydrogen (secondary N) is 1. The van der Waals surface area contributed by atoms with Crippen molar-refractivity contribution < 1.29 is 4.79 Å². The van der Waals surface area contributed by atoms with Crippen molar-refractivity contribution in [3.63, 3.8) is 0 Å². The molecule has 0 spiro atoms. The van der Waals surface area contributed by atoms with Gasteiger partial charge in [0.25, 0.3) is 5.91 Å². The summed E-state index contributed by atoms with van der Waals surface area (Å²) in [6.45, 7) is 0. The second-order valence-corrected chi connectivity index (χ2v) is 4.43. The number of pyridine rings is 2. The van der Waals surface area contributed by atoms with Crippen molar-refractivity contribution in [3.8, 4) is 0 Å². The third-order valence-electron chi connectivity index (χ3n) is 2.03. The summed E-state index contributed by atoms with van der Waals surface area (Å²) in [7, 11) is 0. The van der Waals surface area contributed by atoms with Gasteiger partial charge in [-0.1, -0.05) is 11.6 Å². The number of hydrogen-bond donors (Lipinski definition) is 1. The summed E-state index contributed by atoms with van der Waals surface area (Å²) < 4.78 is 0.702. The van der Waals surface area contributed by atoms with Crippen molar-refractivity contribution in [1.29, 1.82) is 0 Å². The monoisotopic (exact) mass is 311 g/mol. The molecule has 2 aromatic heterocycles. The van der Waals surface area contributed by atoms with E-state index in [2.05, 4.69) is 31.2 Å². The summed E-state index contributed by atoms with van der Waals surface area (Å²) in [6.07, 6.45) is 6.14. The van der Waals surface area contributed by atoms with Gasteiger partial charge in [-0.15, -0.1) is 0 Å². The molecule has 0 aliphatic rings. The first-order chi connectivity index (χ1) is 8.18. The van der Waals surface area contributed by atoms with Crippen LogP contribution in [-0.2, 0) is 0 Å². The highest BCUT2D eigenvalue weighted by molar-refractivity contribution is 9.10. The van der Waals surface area contributed by atoms with Gasteiger partial charge in [-0.2, -0.15) is 0 Å². The van der Waals surface area contributed by atoms with E-state index in [4.69, 9.17) is 11.6 Å². The van der Waals surface area contributed by atoms with E-state index in [9.17, 15) is 4.79 Å². The number of rotatable bonds is 2. The molecule has 0 aliphatic heterocycles. The molecule has 6 heteroatoms. The zero-order valence-corrected chi connectivity index (χ0v) is 10.9. The summed E-state index contributed by atoms with van der Waals surface area (Å²) in [6, 6.07) is 3.25. The van der Waals surface area contributed by atoms with Gasteiger partial charge >= 0.3 is 0 Å². The van der Waals surface area contributed by atoms with E-state index in [1.807, 2.05) is 0 Å². The minimum absolute atomic E-state index is 0.310. The van der Waals surface area contributed by atoms with Crippen LogP contribution in [0.15, 0.2) is 41.4 Å². The van der Waals surface area contributed by atoms with Gasteiger partial charge in [0, 0.05) is 24.8 Å². The maximum Gasteiger partial charge on any atom is 0.258 e. The van der Waals surface area contributed by atoms with Crippen molar-refractivity contribution in [2.75, 3.05) is 5.32 Å². The lowest BCUT2D eigenvalue weighted by molar-refractivity contribution is 0.102. The Hall–Kier alpha value is -1.46. The van der Waals surface area contributed by atoms with Crippen molar-refractivity contribution in [2.45, 2.75) is 0 Å². The quantitative estimate of drug-likeness (QED) is 0.927. The molecule has 1 N–H and O–H groups in total. The summed E-state index contributed by atoms with van der Waals surface area (Å²) in [5.74, 6) is -0.310. The minimum Gasteiger partial charge on any atom is -0.321 e. The molecule has 0 unspecified atom stereocenters. The van der Waals surface area contributed by atoms with Crippen LogP contribution in [0.25, 0.3) is 0 Å². The summed E-state index contributed by atoms with van der Waals surface area (Å²) in [4.78, 5) is 19.7. The molecule has 86 valence electrons. The van der Waals surface area contributed by atoms with Gasteiger partial charge in [-0.25, -0.2) is 0 Å². The van der Waals surface area contributed by atoms with Crippen molar-refractivity contribution in [1.82, 2.24) is 9.97 Å². The minimum atomic E-state index is -0.310. The number of nitrogens with zero attached hydrogens (tertiary/aromatic N) is 2. The maximum absolute atomic E-state index is 11.9. The van der Waals surface area contributed by atoms with Crippen LogP contribution in [0.4, 0.5) is 5.69 Å². The zero-order chi connectivity index (χ0) is 12.3. The highest BCUT2D eigenvalue weighted by Crippen LogP contribution is 2.22. The van der Waals surface area contributed by atoms with E-state index in [0.29, 0.717) is 20.7 Å². The van der Waals surface area contributed by atoms with Crippen LogP contribution in [-0.4, -0.2) is 15.9 Å². The molecule has 0 radical (unpaired) electrons. The molecule has 0 atom stereocenters. The van der Waals surface area contributed by atoms with Crippen LogP contribution in [0.1, 0.15) is 10.4 Å². The Morgan fingerprint density at radius 3 is 2.65 bits per heavy atom. The zero-order valence-electron chi connectivity index (χ0n) is 8.52. The van der Waals surface area contributed by atoms with Crippen LogP contribution in [0.5, 0.6) is 0 Å². The van der Waals surface area contributed by atoms with Gasteiger partial charge in [0.1, 0.15) is 0 Å². The first kappa shape index (κ1) is 12.0. The van der Waals surface area contributed by atoms with Gasteiger partial charge in [-0.3, -0.25) is 14.8 Å². The Morgan fingerprint density at radius 1 is 1.24 bits per heavy atom. The van der Waals surface area contributed by atoms with E-state index in [1.54, 1.807) is 24.5 Å². The summed E-state index contributed by atoms with van der Waals surface area (Å²) in [5.41, 5.74) is 0.961. The van der Waals surface area contributed by atoms with E-state index in [-0.39, 0.29) is 5.91 Å². The van der Waals surface area contributed by atoms with Crippen molar-refractivity contribution in [3.05, 3.63) is 52.0 Å². The molecule has 2 heterocycles. The van der Waals surface area contributed by atoms with Gasteiger partial charge in [0.05, 0.1) is 20.7 Å². The Bertz CT molecular complexity index is 562. The van der Waals surface area contributed by atoms with Crippen LogP contribution in [0.2, 0.25) is 5.02 Å². The molecular weight excluding hydrogens is 305 g/mol. The second kappa shape index (κ2) is 5.25. The predicted molar refractivity (Wildman–Crippen MR) is 69.1 cm³/mol. The van der Waals surface area contributed by atoms with E-state index >= 15 is 0 Å². The number of anilines is 1. The molecular formula is C11H7BrClN3O. The standard InChI is InChI=1S/C11H7BrClN3O/c12-8-6-15-4-2-10(8)16-11(17)7-5-14-3-1-9(7)13/h1-6H,(H,15,16,17). The first-order valence-electron chi connectivity index (χ1n) is 4.69. The molecule has 0 saturated heterocycles. The lowest BCUT2D eigenvalue weighted by Gasteiger charge is -2.07. The van der Waals surface area contributed by atoms with Gasteiger partial charge in [-0.05, 0) is 28.1 Å². The topological polar surface area (TPSA) is 54.9 Å². The molecule has 0 fully saturated rings. The lowest BCUT2D eigenvalue weighted by atomic mass is 10.2. The molecule has 17 heavy (non-hydrogen) atoms. The summed E-state index contributed by atoms with van der Waals surface area (Å²) >= 11 is 9.19. The third-order valence-corrected chi connectivity index (χ3v) is 2.99. The van der Waals surface area contributed by atoms with E-state index in [0.717, 1.165) is 0 Å². The van der Waals surface area contributed by atoms with E-state index in [1.165, 1.54) is 12.4 Å². The third kappa shape index (κ3) is 2.81. The second-order valence-electron chi connectivity index (χ2n) is 3.17. The van der Waals surface area contributed by atoms with Gasteiger partial charge in [0.15, 0.2) is 0 Å². The number of halogens is 2. The van der Waals surface area contributed by atoms with Crippen LogP contribution < -0.4 is 5.32 Å². The number of carbonyl (C=O) groups is 1. The van der Waals surface area contributed by atoms with Gasteiger partial charge in [0.2, 0.25) is 0 Å². The normalized spacial score (nSPS) is 10.0. The van der Waals surface area contributed by atoms with Crippen molar-refractivity contribution in [2.24, 2.45) is 0 Å². The molecule has 0 aliphatic carbocycles. The number of hydrogen-bond acceptors (Lipinski definition) is 3. The Morgan fingerprint density at radius 2 is 1.94 bits per heavy atom. The SMILES string of the molecule is O=C(Nc1ccncc1Br)c1cnccc1Cl. The van der Waals surface area contributed by atoms with Crippen LogP contribution in [0.3, 0.4) is 0 Å². The Balaban J connectivity index is 2.24. The molecule has 0 saturated carbocycles. The number of aromatic nitrogens is 2. The predicted octanol–water partition coefficient (Wildman–Crippen LogP) is 3.14. The smallest absolute Gasteiger partial charge is 0.258 e. The lowest BCUT2D eigenvalue weighted by Crippen LogP contribution is -2.13. The molecule has 0 bridgehead atoms. The average molecular weight is 313 g/mol. The molecule has 2 rings (SSSR count). The Labute approximate surface area is 111 Å². The number of amides is 1. The van der Waals surface area contributed by atoms with Crippen molar-refractivity contribution >= 4 is 39.1 Å². The van der Waals surface area contributed by atoms with Gasteiger partial charge < -0.3 is 5.32 Å². The maximum atomic E-state index is 11.9. The summed E-state index contributed by atoms with van der Waals surface area (Å²) in [5, 5.41) is 3.08. The highest BCUT2D eigenvalue weighted by atomic mass is 79.9. The average Bonchev–Trinajstić information content (AvgIpc) is 2.32. The fourth-order valence-corrected chi connectivity index (χ4v) is 1.75. The molecule has 1 amide bonds. The van der Waals surface area contributed by atoms with Crippen LogP contribution >= 0.6 is 27.5 Å². The fourth-order valence-electron chi connectivity index (χ4n) is 1.21. The van der Waals surface area contributed by atoms with Crippen LogP contribution in [0, 0.1) is 0 Å². The van der Waals surface area contributed by atoms with E-state index < -0.39 is 0 Å². The Kier molecular flexibility index (Phi) is 3.71. The molecule has 2 aromatic rings. The molecule has 4 nitrogen and oxygen atoms in total. The fraction of sp³-hybridized carbons (Fsp3) is 0. The molecule has 0 aromatic carbocycles.